The number of nitrogens with zero attached hydrogens (tertiary/aromatic N) is 4. The van der Waals surface area contributed by atoms with Crippen LogP contribution < -0.4 is 5.32 Å². The molecule has 1 aliphatic heterocycles. The Bertz CT molecular complexity index is 750. The molecule has 5 nitrogen and oxygen atoms in total. The van der Waals surface area contributed by atoms with Crippen molar-refractivity contribution >= 4 is 0 Å². The third kappa shape index (κ3) is 2.21. The molecule has 0 amide bonds. The van der Waals surface area contributed by atoms with E-state index in [1.807, 2.05) is 23.0 Å². The predicted octanol–water partition coefficient (Wildman–Crippen LogP) is 2.05. The zero-order valence-corrected chi connectivity index (χ0v) is 11.5. The molecule has 3 heterocycles. The van der Waals surface area contributed by atoms with Crippen molar-refractivity contribution in [3.05, 3.63) is 72.2 Å². The van der Waals surface area contributed by atoms with Crippen LogP contribution in [0.1, 0.15) is 23.1 Å². The summed E-state index contributed by atoms with van der Waals surface area (Å²) in [6.45, 7) is 0.698. The Morgan fingerprint density at radius 2 is 1.90 bits per heavy atom. The molecule has 4 rings (SSSR count). The molecule has 0 saturated heterocycles. The van der Waals surface area contributed by atoms with Crippen molar-refractivity contribution in [3.8, 4) is 5.82 Å². The molecule has 0 aliphatic carbocycles. The van der Waals surface area contributed by atoms with Crippen LogP contribution in [0.15, 0.2) is 55.1 Å². The highest BCUT2D eigenvalue weighted by atomic mass is 15.2. The second kappa shape index (κ2) is 5.10. The third-order valence-corrected chi connectivity index (χ3v) is 3.76. The molecule has 3 aromatic rings. The minimum absolute atomic E-state index is 0.151. The molecule has 1 atom stereocenters. The number of rotatable bonds is 2. The van der Waals surface area contributed by atoms with Gasteiger partial charge in [0, 0.05) is 31.3 Å². The van der Waals surface area contributed by atoms with E-state index >= 15 is 0 Å². The Hall–Kier alpha value is -2.53. The Morgan fingerprint density at radius 3 is 2.81 bits per heavy atom. The Kier molecular flexibility index (Phi) is 2.97. The molecule has 1 aliphatic rings. The largest absolute Gasteiger partial charge is 0.301 e. The van der Waals surface area contributed by atoms with Gasteiger partial charge < -0.3 is 5.32 Å². The molecule has 0 radical (unpaired) electrons. The monoisotopic (exact) mass is 277 g/mol. The number of hydrogen-bond donors (Lipinski definition) is 1. The van der Waals surface area contributed by atoms with Crippen molar-refractivity contribution in [2.75, 3.05) is 0 Å². The van der Waals surface area contributed by atoms with Crippen LogP contribution in [0.2, 0.25) is 0 Å². The van der Waals surface area contributed by atoms with Gasteiger partial charge in [0.25, 0.3) is 0 Å². The fourth-order valence-electron chi connectivity index (χ4n) is 2.76. The average Bonchev–Trinajstić information content (AvgIpc) is 2.97. The lowest BCUT2D eigenvalue weighted by atomic mass is 10.1. The van der Waals surface area contributed by atoms with Gasteiger partial charge in [0.05, 0.1) is 11.7 Å². The molecule has 0 saturated carbocycles. The predicted molar refractivity (Wildman–Crippen MR) is 78.9 cm³/mol. The number of hydrogen-bond acceptors (Lipinski definition) is 4. The average molecular weight is 277 g/mol. The van der Waals surface area contributed by atoms with Gasteiger partial charge in [0.15, 0.2) is 5.82 Å². The van der Waals surface area contributed by atoms with Gasteiger partial charge in [-0.05, 0) is 12.0 Å². The first-order valence-corrected chi connectivity index (χ1v) is 7.02. The lowest BCUT2D eigenvalue weighted by Crippen LogP contribution is -2.23. The molecule has 0 fully saturated rings. The van der Waals surface area contributed by atoms with Crippen LogP contribution in [0.3, 0.4) is 0 Å². The van der Waals surface area contributed by atoms with Crippen LogP contribution in [0, 0.1) is 0 Å². The number of imidazole rings is 1. The molecule has 104 valence electrons. The summed E-state index contributed by atoms with van der Waals surface area (Å²) < 4.78 is 2.04. The van der Waals surface area contributed by atoms with Gasteiger partial charge in [-0.25, -0.2) is 9.97 Å². The molecular weight excluding hydrogens is 262 g/mol. The van der Waals surface area contributed by atoms with E-state index in [1.54, 1.807) is 12.4 Å². The van der Waals surface area contributed by atoms with Gasteiger partial charge in [0.1, 0.15) is 5.82 Å². The number of aromatic nitrogens is 4. The Morgan fingerprint density at radius 1 is 1.05 bits per heavy atom. The first kappa shape index (κ1) is 12.2. The maximum atomic E-state index is 4.53. The van der Waals surface area contributed by atoms with E-state index in [0.717, 1.165) is 23.8 Å². The topological polar surface area (TPSA) is 55.6 Å². The van der Waals surface area contributed by atoms with Gasteiger partial charge in [-0.3, -0.25) is 9.55 Å². The van der Waals surface area contributed by atoms with Gasteiger partial charge in [0.2, 0.25) is 0 Å². The fraction of sp³-hybridized carbons (Fsp3) is 0.188. The van der Waals surface area contributed by atoms with Gasteiger partial charge in [-0.1, -0.05) is 30.3 Å². The first-order chi connectivity index (χ1) is 10.4. The fourth-order valence-corrected chi connectivity index (χ4v) is 2.76. The van der Waals surface area contributed by atoms with Gasteiger partial charge in [-0.2, -0.15) is 0 Å². The summed E-state index contributed by atoms with van der Waals surface area (Å²) in [5.74, 6) is 1.85. The summed E-state index contributed by atoms with van der Waals surface area (Å²) in [6.07, 6.45) is 8.12. The highest BCUT2D eigenvalue weighted by molar-refractivity contribution is 5.33. The van der Waals surface area contributed by atoms with E-state index in [1.165, 1.54) is 5.56 Å². The third-order valence-electron chi connectivity index (χ3n) is 3.76. The molecule has 1 aromatic carbocycles. The molecule has 2 aromatic heterocycles. The highest BCUT2D eigenvalue weighted by Crippen LogP contribution is 2.24. The molecule has 0 unspecified atom stereocenters. The van der Waals surface area contributed by atoms with E-state index in [4.69, 9.17) is 0 Å². The summed E-state index contributed by atoms with van der Waals surface area (Å²) >= 11 is 0. The Balaban J connectivity index is 1.73. The molecular formula is C16H15N5. The zero-order chi connectivity index (χ0) is 14.1. The van der Waals surface area contributed by atoms with E-state index in [0.29, 0.717) is 6.54 Å². The van der Waals surface area contributed by atoms with Crippen molar-refractivity contribution < 1.29 is 0 Å². The second-order valence-electron chi connectivity index (χ2n) is 5.11. The number of fused-ring (bicyclic) bond motifs is 3. The SMILES string of the molecule is c1ccc(C[C@H]2NCc3nccnc3-n3ccnc32)cc1. The van der Waals surface area contributed by atoms with Crippen molar-refractivity contribution in [1.82, 2.24) is 24.8 Å². The minimum atomic E-state index is 0.151. The van der Waals surface area contributed by atoms with E-state index in [2.05, 4.69) is 44.5 Å². The lowest BCUT2D eigenvalue weighted by Gasteiger charge is -2.15. The second-order valence-corrected chi connectivity index (χ2v) is 5.11. The zero-order valence-electron chi connectivity index (χ0n) is 11.5. The van der Waals surface area contributed by atoms with Crippen molar-refractivity contribution in [1.29, 1.82) is 0 Å². The maximum absolute atomic E-state index is 4.53. The molecule has 5 heteroatoms. The standard InChI is InChI=1S/C16H15N5/c1-2-4-12(5-3-1)10-13-15-19-8-9-21(15)16-14(11-20-13)17-6-7-18-16/h1-9,13,20H,10-11H2/t13-/m1/s1. The minimum Gasteiger partial charge on any atom is -0.301 e. The van der Waals surface area contributed by atoms with Crippen LogP contribution in [-0.2, 0) is 13.0 Å². The summed E-state index contributed by atoms with van der Waals surface area (Å²) in [4.78, 5) is 13.4. The summed E-state index contributed by atoms with van der Waals surface area (Å²) in [6, 6.07) is 10.6. The van der Waals surface area contributed by atoms with E-state index in [-0.39, 0.29) is 6.04 Å². The molecule has 21 heavy (non-hydrogen) atoms. The van der Waals surface area contributed by atoms with Crippen LogP contribution in [0.25, 0.3) is 5.82 Å². The van der Waals surface area contributed by atoms with Crippen molar-refractivity contribution in [2.24, 2.45) is 0 Å². The van der Waals surface area contributed by atoms with Crippen molar-refractivity contribution in [2.45, 2.75) is 19.0 Å². The Labute approximate surface area is 122 Å². The van der Waals surface area contributed by atoms with Crippen molar-refractivity contribution in [3.63, 3.8) is 0 Å². The van der Waals surface area contributed by atoms with Gasteiger partial charge in [-0.15, -0.1) is 0 Å². The summed E-state index contributed by atoms with van der Waals surface area (Å²) in [5, 5.41) is 3.54. The highest BCUT2D eigenvalue weighted by Gasteiger charge is 2.24. The van der Waals surface area contributed by atoms with Gasteiger partial charge >= 0.3 is 0 Å². The van der Waals surface area contributed by atoms with Crippen LogP contribution in [-0.4, -0.2) is 19.5 Å². The first-order valence-electron chi connectivity index (χ1n) is 7.02. The van der Waals surface area contributed by atoms with E-state index < -0.39 is 0 Å². The quantitative estimate of drug-likeness (QED) is 0.779. The lowest BCUT2D eigenvalue weighted by molar-refractivity contribution is 0.509. The summed E-state index contributed by atoms with van der Waals surface area (Å²) in [7, 11) is 0. The van der Waals surface area contributed by atoms with Crippen LogP contribution in [0.4, 0.5) is 0 Å². The maximum Gasteiger partial charge on any atom is 0.161 e. The molecule has 0 spiro atoms. The number of nitrogens with one attached hydrogen (secondary N) is 1. The molecule has 0 bridgehead atoms. The van der Waals surface area contributed by atoms with Crippen LogP contribution in [0.5, 0.6) is 0 Å². The smallest absolute Gasteiger partial charge is 0.161 e. The normalized spacial score (nSPS) is 16.9. The number of benzene rings is 1. The molecule has 1 N–H and O–H groups in total. The van der Waals surface area contributed by atoms with E-state index in [9.17, 15) is 0 Å². The summed E-state index contributed by atoms with van der Waals surface area (Å²) in [5.41, 5.74) is 2.24. The van der Waals surface area contributed by atoms with Crippen LogP contribution >= 0.6 is 0 Å².